The summed E-state index contributed by atoms with van der Waals surface area (Å²) in [5, 5.41) is 3.55. The van der Waals surface area contributed by atoms with Gasteiger partial charge in [-0.3, -0.25) is 0 Å². The number of ether oxygens (including phenoxy) is 1. The number of nitrogens with one attached hydrogen (secondary N) is 1. The van der Waals surface area contributed by atoms with E-state index in [-0.39, 0.29) is 6.04 Å². The maximum atomic E-state index is 5.55. The van der Waals surface area contributed by atoms with Crippen molar-refractivity contribution < 1.29 is 9.15 Å². The molecule has 0 bridgehead atoms. The average molecular weight is 302 g/mol. The van der Waals surface area contributed by atoms with Gasteiger partial charge in [0.1, 0.15) is 5.76 Å². The average Bonchev–Trinajstić information content (AvgIpc) is 2.74. The van der Waals surface area contributed by atoms with Crippen LogP contribution < -0.4 is 5.32 Å². The fourth-order valence-corrected chi connectivity index (χ4v) is 2.42. The topological polar surface area (TPSA) is 34.4 Å². The van der Waals surface area contributed by atoms with E-state index in [4.69, 9.17) is 9.15 Å². The number of halogens is 1. The molecule has 0 aromatic carbocycles. The van der Waals surface area contributed by atoms with E-state index in [1.54, 1.807) is 0 Å². The molecule has 1 aromatic rings. The molecule has 96 valence electrons. The van der Waals surface area contributed by atoms with Gasteiger partial charge in [-0.05, 0) is 53.2 Å². The highest BCUT2D eigenvalue weighted by Gasteiger charge is 2.27. The van der Waals surface area contributed by atoms with Gasteiger partial charge in [-0.25, -0.2) is 0 Å². The van der Waals surface area contributed by atoms with Gasteiger partial charge in [0.2, 0.25) is 0 Å². The molecule has 1 fully saturated rings. The Kier molecular flexibility index (Phi) is 4.28. The summed E-state index contributed by atoms with van der Waals surface area (Å²) < 4.78 is 11.7. The Morgan fingerprint density at radius 3 is 2.71 bits per heavy atom. The lowest BCUT2D eigenvalue weighted by atomic mass is 9.82. The fraction of sp³-hybridized carbons (Fsp3) is 0.692. The van der Waals surface area contributed by atoms with Crippen LogP contribution in [0.15, 0.2) is 21.2 Å². The van der Waals surface area contributed by atoms with Gasteiger partial charge in [-0.15, -0.1) is 0 Å². The van der Waals surface area contributed by atoms with Crippen LogP contribution in [-0.4, -0.2) is 19.8 Å². The third-order valence-corrected chi connectivity index (χ3v) is 3.98. The molecule has 2 heterocycles. The first kappa shape index (κ1) is 13.1. The second-order valence-corrected chi connectivity index (χ2v) is 5.95. The summed E-state index contributed by atoms with van der Waals surface area (Å²) >= 11 is 3.33. The highest BCUT2D eigenvalue weighted by atomic mass is 79.9. The molecule has 1 atom stereocenters. The molecule has 1 aliphatic heterocycles. The monoisotopic (exact) mass is 301 g/mol. The molecule has 1 saturated heterocycles. The molecule has 3 nitrogen and oxygen atoms in total. The maximum Gasteiger partial charge on any atom is 0.169 e. The Bertz CT molecular complexity index is 358. The maximum absolute atomic E-state index is 5.55. The van der Waals surface area contributed by atoms with Gasteiger partial charge in [0.25, 0.3) is 0 Å². The van der Waals surface area contributed by atoms with Crippen LogP contribution in [0.3, 0.4) is 0 Å². The largest absolute Gasteiger partial charge is 0.453 e. The van der Waals surface area contributed by atoms with Crippen LogP contribution in [-0.2, 0) is 4.74 Å². The zero-order valence-electron chi connectivity index (χ0n) is 10.5. The van der Waals surface area contributed by atoms with Gasteiger partial charge in [-0.1, -0.05) is 6.92 Å². The van der Waals surface area contributed by atoms with E-state index in [1.807, 2.05) is 12.1 Å². The second-order valence-electron chi connectivity index (χ2n) is 5.17. The van der Waals surface area contributed by atoms with Gasteiger partial charge in [0, 0.05) is 19.8 Å². The zero-order valence-corrected chi connectivity index (χ0v) is 12.0. The van der Waals surface area contributed by atoms with Crippen molar-refractivity contribution in [2.45, 2.75) is 32.7 Å². The Labute approximate surface area is 111 Å². The first-order valence-electron chi connectivity index (χ1n) is 6.15. The molecule has 0 spiro atoms. The van der Waals surface area contributed by atoms with Crippen LogP contribution in [0.5, 0.6) is 0 Å². The van der Waals surface area contributed by atoms with E-state index in [1.165, 1.54) is 0 Å². The zero-order chi connectivity index (χ0) is 12.3. The fourth-order valence-electron chi connectivity index (χ4n) is 2.10. The van der Waals surface area contributed by atoms with Crippen LogP contribution in [0.4, 0.5) is 0 Å². The SMILES string of the molecule is CC(NCC1(C)CCOCC1)c1ccc(Br)o1. The van der Waals surface area contributed by atoms with Crippen LogP contribution >= 0.6 is 15.9 Å². The lowest BCUT2D eigenvalue weighted by Crippen LogP contribution is -2.37. The quantitative estimate of drug-likeness (QED) is 0.924. The summed E-state index contributed by atoms with van der Waals surface area (Å²) in [7, 11) is 0. The van der Waals surface area contributed by atoms with Crippen molar-refractivity contribution in [1.82, 2.24) is 5.32 Å². The third kappa shape index (κ3) is 3.57. The molecular weight excluding hydrogens is 282 g/mol. The highest BCUT2D eigenvalue weighted by Crippen LogP contribution is 2.30. The summed E-state index contributed by atoms with van der Waals surface area (Å²) in [6.45, 7) is 7.24. The first-order chi connectivity index (χ1) is 8.09. The summed E-state index contributed by atoms with van der Waals surface area (Å²) in [6.07, 6.45) is 2.27. The molecule has 1 aromatic heterocycles. The van der Waals surface area contributed by atoms with Gasteiger partial charge in [-0.2, -0.15) is 0 Å². The minimum Gasteiger partial charge on any atom is -0.453 e. The van der Waals surface area contributed by atoms with Gasteiger partial charge in [0.05, 0.1) is 6.04 Å². The van der Waals surface area contributed by atoms with Gasteiger partial charge < -0.3 is 14.5 Å². The lowest BCUT2D eigenvalue weighted by molar-refractivity contribution is 0.0228. The van der Waals surface area contributed by atoms with Crippen molar-refractivity contribution >= 4 is 15.9 Å². The first-order valence-corrected chi connectivity index (χ1v) is 6.95. The predicted molar refractivity (Wildman–Crippen MR) is 71.0 cm³/mol. The number of hydrogen-bond acceptors (Lipinski definition) is 3. The second kappa shape index (κ2) is 5.55. The van der Waals surface area contributed by atoms with E-state index < -0.39 is 0 Å². The summed E-state index contributed by atoms with van der Waals surface area (Å²) in [5.74, 6) is 0.979. The van der Waals surface area contributed by atoms with E-state index >= 15 is 0 Å². The van der Waals surface area contributed by atoms with Crippen LogP contribution in [0.25, 0.3) is 0 Å². The molecular formula is C13H20BrNO2. The normalized spacial score (nSPS) is 21.4. The molecule has 0 saturated carbocycles. The Hall–Kier alpha value is -0.320. The molecule has 4 heteroatoms. The summed E-state index contributed by atoms with van der Waals surface area (Å²) in [6, 6.07) is 4.19. The number of hydrogen-bond donors (Lipinski definition) is 1. The minimum atomic E-state index is 0.251. The molecule has 1 aliphatic rings. The molecule has 1 N–H and O–H groups in total. The Morgan fingerprint density at radius 2 is 2.12 bits per heavy atom. The molecule has 2 rings (SSSR count). The Morgan fingerprint density at radius 1 is 1.41 bits per heavy atom. The van der Waals surface area contributed by atoms with Gasteiger partial charge >= 0.3 is 0 Å². The van der Waals surface area contributed by atoms with Crippen molar-refractivity contribution in [1.29, 1.82) is 0 Å². The van der Waals surface area contributed by atoms with E-state index in [0.29, 0.717) is 5.41 Å². The lowest BCUT2D eigenvalue weighted by Gasteiger charge is -2.34. The summed E-state index contributed by atoms with van der Waals surface area (Å²) in [5.41, 5.74) is 0.357. The van der Waals surface area contributed by atoms with Crippen molar-refractivity contribution in [3.05, 3.63) is 22.6 Å². The summed E-state index contributed by atoms with van der Waals surface area (Å²) in [4.78, 5) is 0. The number of furan rings is 1. The van der Waals surface area contributed by atoms with Crippen LogP contribution in [0, 0.1) is 5.41 Å². The van der Waals surface area contributed by atoms with Gasteiger partial charge in [0.15, 0.2) is 4.67 Å². The molecule has 0 amide bonds. The van der Waals surface area contributed by atoms with Crippen molar-refractivity contribution in [2.75, 3.05) is 19.8 Å². The number of rotatable bonds is 4. The van der Waals surface area contributed by atoms with E-state index in [2.05, 4.69) is 35.1 Å². The van der Waals surface area contributed by atoms with Crippen LogP contribution in [0.1, 0.15) is 38.5 Å². The van der Waals surface area contributed by atoms with Crippen molar-refractivity contribution in [3.8, 4) is 0 Å². The van der Waals surface area contributed by atoms with E-state index in [0.717, 1.165) is 43.0 Å². The van der Waals surface area contributed by atoms with Crippen LogP contribution in [0.2, 0.25) is 0 Å². The standard InChI is InChI=1S/C13H20BrNO2/c1-10(11-3-4-12(14)17-11)15-9-13(2)5-7-16-8-6-13/h3-4,10,15H,5-9H2,1-2H3. The predicted octanol–water partition coefficient (Wildman–Crippen LogP) is 3.51. The Balaban J connectivity index is 1.85. The van der Waals surface area contributed by atoms with E-state index in [9.17, 15) is 0 Å². The molecule has 17 heavy (non-hydrogen) atoms. The third-order valence-electron chi connectivity index (χ3n) is 3.56. The minimum absolute atomic E-state index is 0.251. The molecule has 1 unspecified atom stereocenters. The molecule has 0 radical (unpaired) electrons. The van der Waals surface area contributed by atoms with Crippen molar-refractivity contribution in [2.24, 2.45) is 5.41 Å². The van der Waals surface area contributed by atoms with Crippen molar-refractivity contribution in [3.63, 3.8) is 0 Å². The highest BCUT2D eigenvalue weighted by molar-refractivity contribution is 9.10. The smallest absolute Gasteiger partial charge is 0.169 e. The molecule has 0 aliphatic carbocycles.